The number of hydrogen-bond acceptors (Lipinski definition) is 4. The lowest BCUT2D eigenvalue weighted by Gasteiger charge is -2.34. The Kier molecular flexibility index (Phi) is 5.84. The molecule has 1 heterocycles. The van der Waals surface area contributed by atoms with Crippen molar-refractivity contribution in [3.05, 3.63) is 59.7 Å². The van der Waals surface area contributed by atoms with Gasteiger partial charge in [-0.25, -0.2) is 8.42 Å². The van der Waals surface area contributed by atoms with Crippen molar-refractivity contribution in [2.24, 2.45) is 0 Å². The molecule has 1 aliphatic rings. The first-order valence-electron chi connectivity index (χ1n) is 8.41. The average molecular weight is 377 g/mol. The molecule has 0 aromatic heterocycles. The summed E-state index contributed by atoms with van der Waals surface area (Å²) in [7, 11) is -3.38. The Hall–Kier alpha value is -1.34. The van der Waals surface area contributed by atoms with Crippen LogP contribution in [-0.2, 0) is 16.6 Å². The molecule has 0 radical (unpaired) electrons. The Morgan fingerprint density at radius 2 is 1.52 bits per heavy atom. The van der Waals surface area contributed by atoms with Crippen LogP contribution in [0.3, 0.4) is 0 Å². The molecule has 0 atom stereocenters. The highest BCUT2D eigenvalue weighted by atomic mass is 32.2. The molecule has 0 N–H and O–H groups in total. The predicted octanol–water partition coefficient (Wildman–Crippen LogP) is 3.22. The molecule has 0 amide bonds. The summed E-state index contributed by atoms with van der Waals surface area (Å²) in [4.78, 5) is 3.96. The molecule has 0 saturated carbocycles. The molecule has 1 saturated heterocycles. The summed E-state index contributed by atoms with van der Waals surface area (Å²) in [5, 5.41) is 0. The fourth-order valence-electron chi connectivity index (χ4n) is 2.98. The zero-order valence-electron chi connectivity index (χ0n) is 14.7. The molecule has 4 nitrogen and oxygen atoms in total. The van der Waals surface area contributed by atoms with E-state index < -0.39 is 10.0 Å². The van der Waals surface area contributed by atoms with E-state index in [-0.39, 0.29) is 0 Å². The summed E-state index contributed by atoms with van der Waals surface area (Å²) in [5.41, 5.74) is 2.34. The van der Waals surface area contributed by atoms with Crippen LogP contribution in [-0.4, -0.2) is 50.1 Å². The molecule has 134 valence electrons. The Balaban J connectivity index is 1.60. The molecule has 1 aliphatic heterocycles. The number of aryl methyl sites for hydroxylation is 1. The zero-order chi connectivity index (χ0) is 17.9. The monoisotopic (exact) mass is 376 g/mol. The van der Waals surface area contributed by atoms with Gasteiger partial charge in [-0.2, -0.15) is 4.31 Å². The number of rotatable bonds is 5. The van der Waals surface area contributed by atoms with E-state index in [2.05, 4.69) is 35.4 Å². The maximum absolute atomic E-state index is 12.7. The smallest absolute Gasteiger partial charge is 0.243 e. The quantitative estimate of drug-likeness (QED) is 0.752. The van der Waals surface area contributed by atoms with E-state index in [1.54, 1.807) is 28.2 Å². The highest BCUT2D eigenvalue weighted by Gasteiger charge is 2.28. The second-order valence-corrected chi connectivity index (χ2v) is 9.16. The standard InChI is InChI=1S/C19H24N2O2S2/c1-16-3-9-19(10-4-16)25(22,23)21-13-11-20(12-14-21)15-17-5-7-18(24-2)8-6-17/h3-10H,11-15H2,1-2H3. The van der Waals surface area contributed by atoms with Gasteiger partial charge in [0.1, 0.15) is 0 Å². The first-order valence-corrected chi connectivity index (χ1v) is 11.1. The average Bonchev–Trinajstić information content (AvgIpc) is 2.63. The maximum Gasteiger partial charge on any atom is 0.243 e. The Morgan fingerprint density at radius 1 is 0.920 bits per heavy atom. The van der Waals surface area contributed by atoms with Crippen LogP contribution in [0.2, 0.25) is 0 Å². The molecule has 0 aliphatic carbocycles. The minimum atomic E-state index is -3.38. The van der Waals surface area contributed by atoms with Crippen molar-refractivity contribution in [1.29, 1.82) is 0 Å². The van der Waals surface area contributed by atoms with E-state index in [0.717, 1.165) is 25.2 Å². The first kappa shape index (κ1) is 18.5. The van der Waals surface area contributed by atoms with Gasteiger partial charge in [0.25, 0.3) is 0 Å². The van der Waals surface area contributed by atoms with E-state index in [9.17, 15) is 8.42 Å². The minimum Gasteiger partial charge on any atom is -0.296 e. The number of benzene rings is 2. The highest BCUT2D eigenvalue weighted by molar-refractivity contribution is 7.98. The molecule has 0 spiro atoms. The van der Waals surface area contributed by atoms with Gasteiger partial charge in [0.15, 0.2) is 0 Å². The molecule has 6 heteroatoms. The minimum absolute atomic E-state index is 0.388. The number of sulfonamides is 1. The van der Waals surface area contributed by atoms with E-state index in [1.807, 2.05) is 19.1 Å². The fourth-order valence-corrected chi connectivity index (χ4v) is 4.81. The number of nitrogens with zero attached hydrogens (tertiary/aromatic N) is 2. The molecule has 2 aromatic rings. The Morgan fingerprint density at radius 3 is 2.08 bits per heavy atom. The summed E-state index contributed by atoms with van der Waals surface area (Å²) in [5.74, 6) is 0. The second kappa shape index (κ2) is 7.91. The van der Waals surface area contributed by atoms with Crippen molar-refractivity contribution >= 4 is 21.8 Å². The molecular weight excluding hydrogens is 352 g/mol. The zero-order valence-corrected chi connectivity index (χ0v) is 16.3. The summed E-state index contributed by atoms with van der Waals surface area (Å²) in [6.45, 7) is 5.43. The Bertz CT molecular complexity index is 794. The molecular formula is C19H24N2O2S2. The lowest BCUT2D eigenvalue weighted by atomic mass is 10.2. The second-order valence-electron chi connectivity index (χ2n) is 6.34. The Labute approximate surface area is 154 Å². The third-order valence-electron chi connectivity index (χ3n) is 4.56. The summed E-state index contributed by atoms with van der Waals surface area (Å²) in [6.07, 6.45) is 2.07. The predicted molar refractivity (Wildman–Crippen MR) is 103 cm³/mol. The van der Waals surface area contributed by atoms with Gasteiger partial charge in [-0.15, -0.1) is 11.8 Å². The molecule has 0 bridgehead atoms. The van der Waals surface area contributed by atoms with E-state index in [1.165, 1.54) is 10.5 Å². The largest absolute Gasteiger partial charge is 0.296 e. The van der Waals surface area contributed by atoms with Gasteiger partial charge in [0.05, 0.1) is 4.90 Å². The first-order chi connectivity index (χ1) is 12.0. The van der Waals surface area contributed by atoms with Crippen LogP contribution in [0.4, 0.5) is 0 Å². The van der Waals surface area contributed by atoms with Gasteiger partial charge < -0.3 is 0 Å². The van der Waals surface area contributed by atoms with Crippen LogP contribution < -0.4 is 0 Å². The lowest BCUT2D eigenvalue weighted by molar-refractivity contribution is 0.181. The van der Waals surface area contributed by atoms with E-state index in [0.29, 0.717) is 18.0 Å². The number of piperazine rings is 1. The number of hydrogen-bond donors (Lipinski definition) is 0. The van der Waals surface area contributed by atoms with E-state index >= 15 is 0 Å². The van der Waals surface area contributed by atoms with Crippen LogP contribution in [0.5, 0.6) is 0 Å². The third-order valence-corrected chi connectivity index (χ3v) is 7.21. The summed E-state index contributed by atoms with van der Waals surface area (Å²) >= 11 is 1.74. The maximum atomic E-state index is 12.7. The van der Waals surface area contributed by atoms with Crippen LogP contribution in [0.15, 0.2) is 58.3 Å². The van der Waals surface area contributed by atoms with Crippen molar-refractivity contribution in [2.45, 2.75) is 23.3 Å². The van der Waals surface area contributed by atoms with Crippen LogP contribution >= 0.6 is 11.8 Å². The molecule has 3 rings (SSSR count). The summed E-state index contributed by atoms with van der Waals surface area (Å²) < 4.78 is 27.1. The topological polar surface area (TPSA) is 40.6 Å². The van der Waals surface area contributed by atoms with Crippen LogP contribution in [0.1, 0.15) is 11.1 Å². The fraction of sp³-hybridized carbons (Fsp3) is 0.368. The van der Waals surface area contributed by atoms with E-state index in [4.69, 9.17) is 0 Å². The van der Waals surface area contributed by atoms with Crippen molar-refractivity contribution in [3.8, 4) is 0 Å². The van der Waals surface area contributed by atoms with Gasteiger partial charge in [-0.05, 0) is 43.0 Å². The summed E-state index contributed by atoms with van der Waals surface area (Å²) in [6, 6.07) is 15.7. The highest BCUT2D eigenvalue weighted by Crippen LogP contribution is 2.20. The van der Waals surface area contributed by atoms with Crippen LogP contribution in [0.25, 0.3) is 0 Å². The van der Waals surface area contributed by atoms with Gasteiger partial charge in [-0.1, -0.05) is 29.8 Å². The van der Waals surface area contributed by atoms with Crippen molar-refractivity contribution in [2.75, 3.05) is 32.4 Å². The van der Waals surface area contributed by atoms with Gasteiger partial charge >= 0.3 is 0 Å². The molecule has 0 unspecified atom stereocenters. The SMILES string of the molecule is CSc1ccc(CN2CCN(S(=O)(=O)c3ccc(C)cc3)CC2)cc1. The van der Waals surface area contributed by atoms with Crippen LogP contribution in [0, 0.1) is 6.92 Å². The van der Waals surface area contributed by atoms with Gasteiger partial charge in [0, 0.05) is 37.6 Å². The van der Waals surface area contributed by atoms with Crippen molar-refractivity contribution < 1.29 is 8.42 Å². The molecule has 1 fully saturated rings. The molecule has 2 aromatic carbocycles. The molecule has 25 heavy (non-hydrogen) atoms. The normalized spacial score (nSPS) is 16.9. The van der Waals surface area contributed by atoms with Gasteiger partial charge in [0.2, 0.25) is 10.0 Å². The lowest BCUT2D eigenvalue weighted by Crippen LogP contribution is -2.48. The van der Waals surface area contributed by atoms with Crippen molar-refractivity contribution in [3.63, 3.8) is 0 Å². The third kappa shape index (κ3) is 4.44. The van der Waals surface area contributed by atoms with Crippen molar-refractivity contribution in [1.82, 2.24) is 9.21 Å². The van der Waals surface area contributed by atoms with Gasteiger partial charge in [-0.3, -0.25) is 4.90 Å². The number of thioether (sulfide) groups is 1.